The Bertz CT molecular complexity index is 808. The van der Waals surface area contributed by atoms with Crippen molar-refractivity contribution in [2.75, 3.05) is 37.6 Å². The van der Waals surface area contributed by atoms with Crippen LogP contribution < -0.4 is 4.90 Å². The summed E-state index contributed by atoms with van der Waals surface area (Å²) in [7, 11) is 0. The third-order valence-electron chi connectivity index (χ3n) is 6.21. The third kappa shape index (κ3) is 3.75. The lowest BCUT2D eigenvalue weighted by molar-refractivity contribution is -0.138. The van der Waals surface area contributed by atoms with E-state index in [1.54, 1.807) is 23.1 Å². The summed E-state index contributed by atoms with van der Waals surface area (Å²) in [5.41, 5.74) is 0.562. The van der Waals surface area contributed by atoms with Gasteiger partial charge >= 0.3 is 0 Å². The summed E-state index contributed by atoms with van der Waals surface area (Å²) >= 11 is 6.04. The van der Waals surface area contributed by atoms with Crippen molar-refractivity contribution in [2.24, 2.45) is 11.3 Å². The van der Waals surface area contributed by atoms with E-state index in [9.17, 15) is 14.4 Å². The van der Waals surface area contributed by atoms with Crippen LogP contribution >= 0.6 is 11.6 Å². The number of rotatable bonds is 3. The maximum atomic E-state index is 13.0. The largest absolute Gasteiger partial charge is 0.341 e. The van der Waals surface area contributed by atoms with E-state index >= 15 is 0 Å². The van der Waals surface area contributed by atoms with Gasteiger partial charge in [0.15, 0.2) is 0 Å². The zero-order valence-electron chi connectivity index (χ0n) is 16.2. The van der Waals surface area contributed by atoms with E-state index in [0.717, 1.165) is 24.9 Å². The minimum absolute atomic E-state index is 0.0183. The predicted octanol–water partition coefficient (Wildman–Crippen LogP) is 2.55. The molecule has 150 valence electrons. The Morgan fingerprint density at radius 3 is 2.54 bits per heavy atom. The molecule has 7 heteroatoms. The molecule has 1 aliphatic carbocycles. The van der Waals surface area contributed by atoms with Gasteiger partial charge in [-0.15, -0.1) is 0 Å². The van der Waals surface area contributed by atoms with E-state index in [-0.39, 0.29) is 35.5 Å². The smallest absolute Gasteiger partial charge is 0.228 e. The fourth-order valence-electron chi connectivity index (χ4n) is 4.15. The minimum Gasteiger partial charge on any atom is -0.341 e. The van der Waals surface area contributed by atoms with Crippen molar-refractivity contribution >= 4 is 35.0 Å². The van der Waals surface area contributed by atoms with Crippen LogP contribution in [-0.2, 0) is 14.4 Å². The molecule has 1 atom stereocenters. The first-order valence-corrected chi connectivity index (χ1v) is 10.4. The Kier molecular flexibility index (Phi) is 5.08. The van der Waals surface area contributed by atoms with Gasteiger partial charge in [-0.2, -0.15) is 0 Å². The van der Waals surface area contributed by atoms with Crippen LogP contribution in [0.3, 0.4) is 0 Å². The lowest BCUT2D eigenvalue weighted by atomic mass is 10.1. The Morgan fingerprint density at radius 1 is 1.11 bits per heavy atom. The molecule has 0 radical (unpaired) electrons. The molecule has 1 saturated carbocycles. The molecule has 1 unspecified atom stereocenters. The second kappa shape index (κ2) is 7.39. The first kappa shape index (κ1) is 19.2. The number of anilines is 1. The lowest BCUT2D eigenvalue weighted by Crippen LogP contribution is -2.42. The monoisotopic (exact) mass is 403 g/mol. The summed E-state index contributed by atoms with van der Waals surface area (Å²) in [6.07, 6.45) is 2.94. The van der Waals surface area contributed by atoms with E-state index in [0.29, 0.717) is 37.7 Å². The molecule has 4 rings (SSSR count). The van der Waals surface area contributed by atoms with Gasteiger partial charge in [0, 0.05) is 55.3 Å². The van der Waals surface area contributed by atoms with Crippen LogP contribution in [0.5, 0.6) is 0 Å². The van der Waals surface area contributed by atoms with Crippen LogP contribution in [0, 0.1) is 11.3 Å². The summed E-state index contributed by atoms with van der Waals surface area (Å²) in [5.74, 6) is -0.140. The number of carbonyl (C=O) groups excluding carboxylic acids is 3. The van der Waals surface area contributed by atoms with E-state index in [2.05, 4.69) is 0 Å². The van der Waals surface area contributed by atoms with Gasteiger partial charge in [0.2, 0.25) is 17.7 Å². The summed E-state index contributed by atoms with van der Waals surface area (Å²) < 4.78 is 0. The molecule has 1 aromatic carbocycles. The molecule has 2 saturated heterocycles. The zero-order chi connectivity index (χ0) is 19.9. The van der Waals surface area contributed by atoms with Crippen molar-refractivity contribution in [3.8, 4) is 0 Å². The third-order valence-corrected chi connectivity index (χ3v) is 6.44. The van der Waals surface area contributed by atoms with Gasteiger partial charge in [-0.25, -0.2) is 0 Å². The standard InChI is InChI=1S/C21H26ClN3O3/c1-21(6-7-21)20(28)24-9-3-8-23(10-11-24)19(27)15-12-18(26)25(14-15)17-5-2-4-16(22)13-17/h2,4-5,13,15H,3,6-12,14H2,1H3. The first-order valence-electron chi connectivity index (χ1n) is 10.0. The normalized spacial score (nSPS) is 24.3. The summed E-state index contributed by atoms with van der Waals surface area (Å²) in [6, 6.07) is 7.16. The highest BCUT2D eigenvalue weighted by molar-refractivity contribution is 6.31. The summed E-state index contributed by atoms with van der Waals surface area (Å²) in [4.78, 5) is 43.5. The average molecular weight is 404 g/mol. The molecule has 28 heavy (non-hydrogen) atoms. The highest BCUT2D eigenvalue weighted by atomic mass is 35.5. The predicted molar refractivity (Wildman–Crippen MR) is 107 cm³/mol. The topological polar surface area (TPSA) is 60.9 Å². The number of benzene rings is 1. The van der Waals surface area contributed by atoms with Gasteiger partial charge in [-0.3, -0.25) is 14.4 Å². The summed E-state index contributed by atoms with van der Waals surface area (Å²) in [5, 5.41) is 0.571. The number of halogens is 1. The second-order valence-electron chi connectivity index (χ2n) is 8.42. The van der Waals surface area contributed by atoms with Crippen molar-refractivity contribution in [3.05, 3.63) is 29.3 Å². The fourth-order valence-corrected chi connectivity index (χ4v) is 4.33. The van der Waals surface area contributed by atoms with Crippen molar-refractivity contribution < 1.29 is 14.4 Å². The molecular weight excluding hydrogens is 378 g/mol. The SMILES string of the molecule is CC1(C(=O)N2CCCN(C(=O)C3CC(=O)N(c4cccc(Cl)c4)C3)CC2)CC1. The van der Waals surface area contributed by atoms with Gasteiger partial charge in [-0.05, 0) is 37.5 Å². The van der Waals surface area contributed by atoms with E-state index in [4.69, 9.17) is 11.6 Å². The molecule has 3 fully saturated rings. The maximum Gasteiger partial charge on any atom is 0.228 e. The lowest BCUT2D eigenvalue weighted by Gasteiger charge is -2.26. The zero-order valence-corrected chi connectivity index (χ0v) is 17.0. The number of amides is 3. The van der Waals surface area contributed by atoms with Crippen molar-refractivity contribution in [1.29, 1.82) is 0 Å². The van der Waals surface area contributed by atoms with Gasteiger partial charge < -0.3 is 14.7 Å². The molecular formula is C21H26ClN3O3. The van der Waals surface area contributed by atoms with Crippen LogP contribution in [0.15, 0.2) is 24.3 Å². The van der Waals surface area contributed by atoms with Crippen LogP contribution in [0.25, 0.3) is 0 Å². The van der Waals surface area contributed by atoms with E-state index in [1.807, 2.05) is 22.8 Å². The number of carbonyl (C=O) groups is 3. The first-order chi connectivity index (χ1) is 13.4. The van der Waals surface area contributed by atoms with Gasteiger partial charge in [0.1, 0.15) is 0 Å². The van der Waals surface area contributed by atoms with Crippen molar-refractivity contribution in [3.63, 3.8) is 0 Å². The molecule has 0 spiro atoms. The van der Waals surface area contributed by atoms with Gasteiger partial charge in [0.25, 0.3) is 0 Å². The molecule has 0 bridgehead atoms. The van der Waals surface area contributed by atoms with Crippen LogP contribution in [0.1, 0.15) is 32.6 Å². The second-order valence-corrected chi connectivity index (χ2v) is 8.85. The number of hydrogen-bond acceptors (Lipinski definition) is 3. The van der Waals surface area contributed by atoms with Crippen molar-refractivity contribution in [2.45, 2.75) is 32.6 Å². The molecule has 6 nitrogen and oxygen atoms in total. The molecule has 2 aliphatic heterocycles. The number of nitrogens with zero attached hydrogens (tertiary/aromatic N) is 3. The number of hydrogen-bond donors (Lipinski definition) is 0. The Morgan fingerprint density at radius 2 is 1.82 bits per heavy atom. The quantitative estimate of drug-likeness (QED) is 0.779. The highest BCUT2D eigenvalue weighted by Crippen LogP contribution is 2.46. The van der Waals surface area contributed by atoms with E-state index < -0.39 is 0 Å². The molecule has 1 aromatic rings. The van der Waals surface area contributed by atoms with E-state index in [1.165, 1.54) is 0 Å². The minimum atomic E-state index is -0.338. The molecule has 2 heterocycles. The molecule has 3 amide bonds. The maximum absolute atomic E-state index is 13.0. The Hall–Kier alpha value is -2.08. The summed E-state index contributed by atoms with van der Waals surface area (Å²) in [6.45, 7) is 4.88. The Balaban J connectivity index is 1.38. The van der Waals surface area contributed by atoms with Gasteiger partial charge in [-0.1, -0.05) is 24.6 Å². The van der Waals surface area contributed by atoms with Crippen molar-refractivity contribution in [1.82, 2.24) is 9.80 Å². The van der Waals surface area contributed by atoms with Crippen LogP contribution in [0.2, 0.25) is 5.02 Å². The molecule has 3 aliphatic rings. The average Bonchev–Trinajstić information content (AvgIpc) is 3.38. The fraction of sp³-hybridized carbons (Fsp3) is 0.571. The Labute approximate surface area is 170 Å². The molecule has 0 aromatic heterocycles. The van der Waals surface area contributed by atoms with Crippen LogP contribution in [-0.4, -0.2) is 60.2 Å². The van der Waals surface area contributed by atoms with Gasteiger partial charge in [0.05, 0.1) is 5.92 Å². The highest BCUT2D eigenvalue weighted by Gasteiger charge is 2.47. The van der Waals surface area contributed by atoms with Crippen LogP contribution in [0.4, 0.5) is 5.69 Å². The molecule has 0 N–H and O–H groups in total.